The second kappa shape index (κ2) is 6.35. The van der Waals surface area contributed by atoms with Crippen LogP contribution in [0, 0.1) is 6.92 Å². The van der Waals surface area contributed by atoms with Gasteiger partial charge in [0, 0.05) is 42.7 Å². The van der Waals surface area contributed by atoms with E-state index in [0.29, 0.717) is 18.0 Å². The highest BCUT2D eigenvalue weighted by atomic mass is 16.1. The van der Waals surface area contributed by atoms with Crippen molar-refractivity contribution < 1.29 is 0 Å². The number of fused-ring (bicyclic) bond motifs is 1. The summed E-state index contributed by atoms with van der Waals surface area (Å²) in [6.45, 7) is 3.86. The molecule has 0 bridgehead atoms. The molecule has 0 amide bonds. The number of rotatable bonds is 4. The van der Waals surface area contributed by atoms with E-state index in [1.807, 2.05) is 39.0 Å². The van der Waals surface area contributed by atoms with Crippen LogP contribution in [0.1, 0.15) is 18.2 Å². The van der Waals surface area contributed by atoms with Crippen molar-refractivity contribution in [3.8, 4) is 17.1 Å². The molecule has 0 spiro atoms. The number of aromatic amines is 1. The lowest BCUT2D eigenvalue weighted by molar-refractivity contribution is 0.806. The quantitative estimate of drug-likeness (QED) is 0.591. The summed E-state index contributed by atoms with van der Waals surface area (Å²) in [6.07, 6.45) is 9.34. The van der Waals surface area contributed by atoms with Crippen LogP contribution in [0.15, 0.2) is 35.8 Å². The number of hydrogen-bond acceptors (Lipinski definition) is 6. The van der Waals surface area contributed by atoms with Gasteiger partial charge in [-0.1, -0.05) is 6.92 Å². The van der Waals surface area contributed by atoms with Crippen LogP contribution in [0.4, 0.5) is 5.69 Å². The first kappa shape index (κ1) is 17.0. The van der Waals surface area contributed by atoms with Crippen molar-refractivity contribution in [3.63, 3.8) is 0 Å². The molecule has 27 heavy (non-hydrogen) atoms. The van der Waals surface area contributed by atoms with Crippen molar-refractivity contribution in [1.29, 1.82) is 0 Å². The highest BCUT2D eigenvalue weighted by molar-refractivity contribution is 5.76. The van der Waals surface area contributed by atoms with E-state index in [-0.39, 0.29) is 5.56 Å². The number of aromatic nitrogens is 7. The molecule has 4 rings (SSSR count). The van der Waals surface area contributed by atoms with E-state index in [9.17, 15) is 4.79 Å². The highest BCUT2D eigenvalue weighted by Crippen LogP contribution is 2.23. The Morgan fingerprint density at radius 2 is 1.85 bits per heavy atom. The Bertz CT molecular complexity index is 1170. The fraction of sp³-hybridized carbons (Fsp3) is 0.278. The summed E-state index contributed by atoms with van der Waals surface area (Å²) in [5.41, 5.74) is 4.68. The lowest BCUT2D eigenvalue weighted by Gasteiger charge is -2.10. The SMILES string of the molecule is CCc1c(C)[nH]c2c(-c3cnn(-c4ncc(N(C)C)cn4)c3)cnn2c1=O. The Kier molecular flexibility index (Phi) is 3.98. The maximum atomic E-state index is 12.6. The zero-order chi connectivity index (χ0) is 19.1. The van der Waals surface area contributed by atoms with Gasteiger partial charge in [-0.25, -0.2) is 14.6 Å². The van der Waals surface area contributed by atoms with E-state index < -0.39 is 0 Å². The Hall–Kier alpha value is -3.49. The molecule has 4 aromatic heterocycles. The van der Waals surface area contributed by atoms with Crippen LogP contribution in [0.3, 0.4) is 0 Å². The van der Waals surface area contributed by atoms with Gasteiger partial charge in [0.25, 0.3) is 11.5 Å². The molecule has 138 valence electrons. The molecule has 0 saturated heterocycles. The molecule has 0 saturated carbocycles. The maximum absolute atomic E-state index is 12.6. The zero-order valence-electron chi connectivity index (χ0n) is 15.6. The predicted octanol–water partition coefficient (Wildman–Crippen LogP) is 1.60. The molecule has 0 aliphatic rings. The van der Waals surface area contributed by atoms with E-state index in [2.05, 4.69) is 25.1 Å². The molecule has 0 aliphatic heterocycles. The van der Waals surface area contributed by atoms with Gasteiger partial charge in [-0.15, -0.1) is 0 Å². The molecule has 0 radical (unpaired) electrons. The number of nitrogens with zero attached hydrogens (tertiary/aromatic N) is 7. The smallest absolute Gasteiger partial charge is 0.277 e. The van der Waals surface area contributed by atoms with Gasteiger partial charge in [0.1, 0.15) is 5.65 Å². The normalized spacial score (nSPS) is 11.3. The molecular formula is C18H20N8O. The third-order valence-corrected chi connectivity index (χ3v) is 4.57. The predicted molar refractivity (Wildman–Crippen MR) is 102 cm³/mol. The van der Waals surface area contributed by atoms with Gasteiger partial charge in [0.05, 0.1) is 30.5 Å². The van der Waals surface area contributed by atoms with Crippen LogP contribution in [0.25, 0.3) is 22.7 Å². The van der Waals surface area contributed by atoms with Crippen LogP contribution in [-0.2, 0) is 6.42 Å². The maximum Gasteiger partial charge on any atom is 0.277 e. The van der Waals surface area contributed by atoms with Crippen LogP contribution < -0.4 is 10.5 Å². The fourth-order valence-corrected chi connectivity index (χ4v) is 3.03. The Labute approximate surface area is 155 Å². The summed E-state index contributed by atoms with van der Waals surface area (Å²) >= 11 is 0. The minimum Gasteiger partial charge on any atom is -0.375 e. The minimum absolute atomic E-state index is 0.0926. The average Bonchev–Trinajstić information content (AvgIpc) is 3.29. The van der Waals surface area contributed by atoms with E-state index in [1.54, 1.807) is 29.5 Å². The Morgan fingerprint density at radius 3 is 2.52 bits per heavy atom. The number of anilines is 1. The van der Waals surface area contributed by atoms with E-state index >= 15 is 0 Å². The first-order chi connectivity index (χ1) is 13.0. The second-order valence-electron chi connectivity index (χ2n) is 6.52. The van der Waals surface area contributed by atoms with E-state index in [4.69, 9.17) is 0 Å². The standard InChI is InChI=1S/C18H20N8O/c1-5-14-11(2)23-16-15(9-22-26(16)17(14)27)12-6-21-25(10-12)18-19-7-13(8-20-18)24(3)4/h6-10,23H,5H2,1-4H3. The van der Waals surface area contributed by atoms with Crippen molar-refractivity contribution in [2.24, 2.45) is 0 Å². The van der Waals surface area contributed by atoms with Crippen molar-refractivity contribution in [2.75, 3.05) is 19.0 Å². The molecule has 4 heterocycles. The van der Waals surface area contributed by atoms with Crippen LogP contribution in [0.2, 0.25) is 0 Å². The molecule has 0 unspecified atom stereocenters. The van der Waals surface area contributed by atoms with Gasteiger partial charge in [-0.05, 0) is 13.3 Å². The number of hydrogen-bond donors (Lipinski definition) is 1. The minimum atomic E-state index is -0.0926. The summed E-state index contributed by atoms with van der Waals surface area (Å²) in [7, 11) is 3.87. The van der Waals surface area contributed by atoms with Crippen LogP contribution in [0.5, 0.6) is 0 Å². The van der Waals surface area contributed by atoms with Crippen molar-refractivity contribution in [1.82, 2.24) is 34.3 Å². The third kappa shape index (κ3) is 2.77. The summed E-state index contributed by atoms with van der Waals surface area (Å²) in [4.78, 5) is 26.5. The topological polar surface area (TPSA) is 97.0 Å². The molecular weight excluding hydrogens is 344 g/mol. The third-order valence-electron chi connectivity index (χ3n) is 4.57. The molecule has 0 aliphatic carbocycles. The fourth-order valence-electron chi connectivity index (χ4n) is 3.03. The van der Waals surface area contributed by atoms with Gasteiger partial charge >= 0.3 is 0 Å². The summed E-state index contributed by atoms with van der Waals surface area (Å²) < 4.78 is 3.00. The molecule has 0 atom stereocenters. The van der Waals surface area contributed by atoms with E-state index in [0.717, 1.165) is 28.1 Å². The largest absolute Gasteiger partial charge is 0.375 e. The average molecular weight is 364 g/mol. The lowest BCUT2D eigenvalue weighted by Crippen LogP contribution is -2.21. The van der Waals surface area contributed by atoms with Gasteiger partial charge < -0.3 is 9.88 Å². The molecule has 4 aromatic rings. The van der Waals surface area contributed by atoms with Crippen LogP contribution >= 0.6 is 0 Å². The highest BCUT2D eigenvalue weighted by Gasteiger charge is 2.15. The van der Waals surface area contributed by atoms with Gasteiger partial charge in [-0.3, -0.25) is 4.79 Å². The summed E-state index contributed by atoms with van der Waals surface area (Å²) in [5, 5.41) is 8.61. The van der Waals surface area contributed by atoms with Crippen molar-refractivity contribution >= 4 is 11.3 Å². The molecule has 0 aromatic carbocycles. The van der Waals surface area contributed by atoms with Gasteiger partial charge in [-0.2, -0.15) is 14.7 Å². The van der Waals surface area contributed by atoms with E-state index in [1.165, 1.54) is 4.52 Å². The Balaban J connectivity index is 1.76. The van der Waals surface area contributed by atoms with Crippen LogP contribution in [-0.4, -0.2) is 48.4 Å². The molecule has 9 heteroatoms. The zero-order valence-corrected chi connectivity index (χ0v) is 15.6. The van der Waals surface area contributed by atoms with Gasteiger partial charge in [0.2, 0.25) is 0 Å². The molecule has 9 nitrogen and oxygen atoms in total. The first-order valence-corrected chi connectivity index (χ1v) is 8.64. The second-order valence-corrected chi connectivity index (χ2v) is 6.52. The monoisotopic (exact) mass is 364 g/mol. The summed E-state index contributed by atoms with van der Waals surface area (Å²) in [5.74, 6) is 0.473. The van der Waals surface area contributed by atoms with Crippen molar-refractivity contribution in [3.05, 3.63) is 52.6 Å². The molecule has 1 N–H and O–H groups in total. The number of nitrogens with one attached hydrogen (secondary N) is 1. The first-order valence-electron chi connectivity index (χ1n) is 8.64. The molecule has 0 fully saturated rings. The number of aryl methyl sites for hydroxylation is 1. The van der Waals surface area contributed by atoms with Crippen molar-refractivity contribution in [2.45, 2.75) is 20.3 Å². The van der Waals surface area contributed by atoms with Gasteiger partial charge in [0.15, 0.2) is 0 Å². The number of H-pyrrole nitrogens is 1. The summed E-state index contributed by atoms with van der Waals surface area (Å²) in [6, 6.07) is 0. The Morgan fingerprint density at radius 1 is 1.11 bits per heavy atom. The lowest BCUT2D eigenvalue weighted by atomic mass is 10.1.